The van der Waals surface area contributed by atoms with Gasteiger partial charge in [0.1, 0.15) is 12.2 Å². The van der Waals surface area contributed by atoms with E-state index in [1.54, 1.807) is 44.6 Å². The number of hydrogen-bond donors (Lipinski definition) is 1. The first-order valence-corrected chi connectivity index (χ1v) is 8.92. The molecule has 0 aliphatic heterocycles. The van der Waals surface area contributed by atoms with Gasteiger partial charge in [0, 0.05) is 13.2 Å². The van der Waals surface area contributed by atoms with Gasteiger partial charge >= 0.3 is 0 Å². The maximum atomic E-state index is 12.1. The maximum absolute atomic E-state index is 12.1. The van der Waals surface area contributed by atoms with Crippen LogP contribution >= 0.6 is 0 Å². The van der Waals surface area contributed by atoms with Gasteiger partial charge < -0.3 is 14.0 Å². The summed E-state index contributed by atoms with van der Waals surface area (Å²) >= 11 is 0. The number of ether oxygens (including phenoxy) is 2. The second-order valence-electron chi connectivity index (χ2n) is 6.22. The number of aromatic nitrogens is 1. The minimum atomic E-state index is -0.572. The predicted molar refractivity (Wildman–Crippen MR) is 111 cm³/mol. The molecule has 0 aliphatic carbocycles. The number of aryl methyl sites for hydroxylation is 1. The number of carbonyl (C=O) groups is 1. The van der Waals surface area contributed by atoms with Crippen LogP contribution in [-0.4, -0.2) is 23.8 Å². The van der Waals surface area contributed by atoms with Crippen LogP contribution in [0.5, 0.6) is 11.5 Å². The predicted octanol–water partition coefficient (Wildman–Crippen LogP) is 2.74. The summed E-state index contributed by atoms with van der Waals surface area (Å²) in [6.07, 6.45) is 3.05. The number of rotatable bonds is 7. The molecule has 1 N–H and O–H groups in total. The third-order valence-corrected chi connectivity index (χ3v) is 4.17. The monoisotopic (exact) mass is 391 g/mol. The van der Waals surface area contributed by atoms with Crippen molar-refractivity contribution in [3.05, 3.63) is 93.9 Å². The lowest BCUT2D eigenvalue weighted by molar-refractivity contribution is 0.0953. The molecule has 0 spiro atoms. The van der Waals surface area contributed by atoms with Crippen LogP contribution in [0.3, 0.4) is 0 Å². The van der Waals surface area contributed by atoms with E-state index in [2.05, 4.69) is 10.5 Å². The van der Waals surface area contributed by atoms with E-state index in [9.17, 15) is 9.59 Å². The molecule has 0 unspecified atom stereocenters. The van der Waals surface area contributed by atoms with Crippen LogP contribution < -0.4 is 20.5 Å². The number of amides is 1. The normalized spacial score (nSPS) is 10.7. The summed E-state index contributed by atoms with van der Waals surface area (Å²) in [5.74, 6) is 0.579. The van der Waals surface area contributed by atoms with Crippen LogP contribution in [0, 0.1) is 0 Å². The van der Waals surface area contributed by atoms with Crippen molar-refractivity contribution in [2.45, 2.75) is 6.61 Å². The van der Waals surface area contributed by atoms with Gasteiger partial charge in [0.05, 0.1) is 13.3 Å². The van der Waals surface area contributed by atoms with Crippen LogP contribution in [0.2, 0.25) is 0 Å². The van der Waals surface area contributed by atoms with Crippen molar-refractivity contribution in [2.75, 3.05) is 7.11 Å². The van der Waals surface area contributed by atoms with E-state index in [0.717, 1.165) is 5.56 Å². The van der Waals surface area contributed by atoms with Crippen molar-refractivity contribution >= 4 is 12.1 Å². The third-order valence-electron chi connectivity index (χ3n) is 4.17. The highest BCUT2D eigenvalue weighted by Gasteiger charge is 2.10. The second-order valence-corrected chi connectivity index (χ2v) is 6.22. The van der Waals surface area contributed by atoms with Crippen molar-refractivity contribution in [1.82, 2.24) is 9.99 Å². The van der Waals surface area contributed by atoms with E-state index in [1.807, 2.05) is 30.3 Å². The lowest BCUT2D eigenvalue weighted by atomic mass is 10.2. The van der Waals surface area contributed by atoms with Crippen molar-refractivity contribution in [1.29, 1.82) is 0 Å². The molecule has 2 aromatic carbocycles. The molecule has 0 radical (unpaired) electrons. The molecule has 3 rings (SSSR count). The fourth-order valence-electron chi connectivity index (χ4n) is 2.61. The molecule has 1 amide bonds. The van der Waals surface area contributed by atoms with Gasteiger partial charge in [0.2, 0.25) is 0 Å². The Labute approximate surface area is 168 Å². The largest absolute Gasteiger partial charge is 0.493 e. The molecule has 29 heavy (non-hydrogen) atoms. The Morgan fingerprint density at radius 3 is 2.66 bits per heavy atom. The van der Waals surface area contributed by atoms with Crippen molar-refractivity contribution in [3.8, 4) is 11.5 Å². The summed E-state index contributed by atoms with van der Waals surface area (Å²) in [6.45, 7) is 0.423. The van der Waals surface area contributed by atoms with E-state index in [0.29, 0.717) is 23.7 Å². The fourth-order valence-corrected chi connectivity index (χ4v) is 2.61. The number of methoxy groups -OCH3 is 1. The molecule has 148 valence electrons. The van der Waals surface area contributed by atoms with Crippen LogP contribution in [-0.2, 0) is 13.7 Å². The molecule has 0 atom stereocenters. The van der Waals surface area contributed by atoms with Gasteiger partial charge in [-0.1, -0.05) is 30.3 Å². The van der Waals surface area contributed by atoms with Gasteiger partial charge in [-0.3, -0.25) is 9.59 Å². The van der Waals surface area contributed by atoms with Gasteiger partial charge in [-0.05, 0) is 41.5 Å². The number of hydrogen-bond acceptors (Lipinski definition) is 5. The van der Waals surface area contributed by atoms with Crippen LogP contribution in [0.1, 0.15) is 21.5 Å². The topological polar surface area (TPSA) is 81.9 Å². The molecule has 0 saturated heterocycles. The lowest BCUT2D eigenvalue weighted by Crippen LogP contribution is -2.29. The molecule has 7 heteroatoms. The number of pyridine rings is 1. The molecule has 0 aliphatic rings. The average molecular weight is 391 g/mol. The molecule has 7 nitrogen and oxygen atoms in total. The zero-order valence-corrected chi connectivity index (χ0v) is 16.2. The van der Waals surface area contributed by atoms with E-state index in [1.165, 1.54) is 16.8 Å². The molecule has 0 bridgehead atoms. The van der Waals surface area contributed by atoms with Crippen molar-refractivity contribution in [2.24, 2.45) is 12.1 Å². The van der Waals surface area contributed by atoms with Gasteiger partial charge in [0.15, 0.2) is 11.5 Å². The number of benzene rings is 2. The summed E-state index contributed by atoms with van der Waals surface area (Å²) < 4.78 is 12.5. The first-order chi connectivity index (χ1) is 14.1. The van der Waals surface area contributed by atoms with Gasteiger partial charge in [-0.15, -0.1) is 0 Å². The van der Waals surface area contributed by atoms with E-state index >= 15 is 0 Å². The Hall–Kier alpha value is -3.87. The Bertz CT molecular complexity index is 1070. The first-order valence-electron chi connectivity index (χ1n) is 8.92. The lowest BCUT2D eigenvalue weighted by Gasteiger charge is -2.11. The smallest absolute Gasteiger partial charge is 0.276 e. The first kappa shape index (κ1) is 19.9. The van der Waals surface area contributed by atoms with Crippen molar-refractivity contribution in [3.63, 3.8) is 0 Å². The van der Waals surface area contributed by atoms with E-state index in [4.69, 9.17) is 9.47 Å². The molecular formula is C22H21N3O4. The summed E-state index contributed by atoms with van der Waals surface area (Å²) in [5, 5.41) is 3.92. The molecule has 0 fully saturated rings. The molecule has 3 aromatic rings. The quantitative estimate of drug-likeness (QED) is 0.496. The maximum Gasteiger partial charge on any atom is 0.276 e. The Kier molecular flexibility index (Phi) is 6.42. The molecule has 0 saturated carbocycles. The van der Waals surface area contributed by atoms with Crippen molar-refractivity contribution < 1.29 is 14.3 Å². The van der Waals surface area contributed by atoms with E-state index < -0.39 is 5.91 Å². The summed E-state index contributed by atoms with van der Waals surface area (Å²) in [7, 11) is 3.13. The van der Waals surface area contributed by atoms with E-state index in [-0.39, 0.29) is 11.1 Å². The Morgan fingerprint density at radius 2 is 1.90 bits per heavy atom. The van der Waals surface area contributed by atoms with Crippen LogP contribution in [0.4, 0.5) is 0 Å². The average Bonchev–Trinajstić information content (AvgIpc) is 2.75. The third kappa shape index (κ3) is 5.10. The SMILES string of the molecule is COc1cc(/C=N\NC(=O)c2cccn(C)c2=O)ccc1OCc1ccccc1. The highest BCUT2D eigenvalue weighted by molar-refractivity contribution is 5.94. The highest BCUT2D eigenvalue weighted by Crippen LogP contribution is 2.28. The van der Waals surface area contributed by atoms with Crippen LogP contribution in [0.15, 0.2) is 76.8 Å². The Morgan fingerprint density at radius 1 is 1.10 bits per heavy atom. The standard InChI is InChI=1S/C22H21N3O4/c1-25-12-6-9-18(22(25)27)21(26)24-23-14-17-10-11-19(20(13-17)28-2)29-15-16-7-4-3-5-8-16/h3-14H,15H2,1-2H3,(H,24,26)/b23-14-. The number of carbonyl (C=O) groups excluding carboxylic acids is 1. The van der Waals surface area contributed by atoms with Gasteiger partial charge in [0.25, 0.3) is 11.5 Å². The fraction of sp³-hybridized carbons (Fsp3) is 0.136. The molecule has 1 aromatic heterocycles. The summed E-state index contributed by atoms with van der Waals surface area (Å²) in [6, 6.07) is 18.2. The number of hydrazone groups is 1. The minimum Gasteiger partial charge on any atom is -0.493 e. The zero-order valence-electron chi connectivity index (χ0n) is 16.2. The number of nitrogens with zero attached hydrogens (tertiary/aromatic N) is 2. The minimum absolute atomic E-state index is 0.0226. The number of nitrogens with one attached hydrogen (secondary N) is 1. The Balaban J connectivity index is 1.65. The van der Waals surface area contributed by atoms with Gasteiger partial charge in [-0.2, -0.15) is 5.10 Å². The highest BCUT2D eigenvalue weighted by atomic mass is 16.5. The summed E-state index contributed by atoms with van der Waals surface area (Å²) in [5.41, 5.74) is 3.75. The second kappa shape index (κ2) is 9.36. The molecular weight excluding hydrogens is 370 g/mol. The van der Waals surface area contributed by atoms with Crippen LogP contribution in [0.25, 0.3) is 0 Å². The summed E-state index contributed by atoms with van der Waals surface area (Å²) in [4.78, 5) is 24.1. The van der Waals surface area contributed by atoms with Gasteiger partial charge in [-0.25, -0.2) is 5.43 Å². The molecule has 1 heterocycles. The zero-order chi connectivity index (χ0) is 20.6.